The molecule has 2 heterocycles. The van der Waals surface area contributed by atoms with Gasteiger partial charge < -0.3 is 5.32 Å². The number of fused-ring (bicyclic) bond motifs is 2. The normalized spacial score (nSPS) is 13.2. The average Bonchev–Trinajstić information content (AvgIpc) is 3.01. The number of carbonyl (C=O) groups is 1. The van der Waals surface area contributed by atoms with Crippen molar-refractivity contribution in [3.63, 3.8) is 0 Å². The van der Waals surface area contributed by atoms with Crippen LogP contribution >= 0.6 is 11.3 Å². The number of nitrogens with zero attached hydrogens (tertiary/aromatic N) is 3. The van der Waals surface area contributed by atoms with Crippen molar-refractivity contribution in [3.8, 4) is 6.07 Å². The van der Waals surface area contributed by atoms with Crippen molar-refractivity contribution >= 4 is 33.3 Å². The van der Waals surface area contributed by atoms with Crippen LogP contribution < -0.4 is 10.9 Å². The zero-order valence-corrected chi connectivity index (χ0v) is 14.8. The number of hydrogen-bond acceptors (Lipinski definition) is 5. The Morgan fingerprint density at radius 3 is 2.96 bits per heavy atom. The number of amides is 1. The van der Waals surface area contributed by atoms with E-state index in [0.29, 0.717) is 21.6 Å². The van der Waals surface area contributed by atoms with E-state index in [4.69, 9.17) is 0 Å². The lowest BCUT2D eigenvalue weighted by molar-refractivity contribution is -0.116. The number of nitrogens with one attached hydrogen (secondary N) is 1. The van der Waals surface area contributed by atoms with E-state index in [1.54, 1.807) is 18.2 Å². The smallest absolute Gasteiger partial charge is 0.269 e. The van der Waals surface area contributed by atoms with Gasteiger partial charge in [-0.3, -0.25) is 14.2 Å². The Balaban J connectivity index is 1.63. The summed E-state index contributed by atoms with van der Waals surface area (Å²) in [4.78, 5) is 30.0. The fraction of sp³-hybridized carbons (Fsp3) is 0.263. The number of nitriles is 1. The molecule has 7 heteroatoms. The fourth-order valence-corrected chi connectivity index (χ4v) is 4.62. The van der Waals surface area contributed by atoms with Crippen LogP contribution in [0.3, 0.4) is 0 Å². The number of aryl methyl sites for hydroxylation is 1. The minimum Gasteiger partial charge on any atom is -0.315 e. The molecule has 1 amide bonds. The summed E-state index contributed by atoms with van der Waals surface area (Å²) in [7, 11) is 0. The van der Waals surface area contributed by atoms with E-state index in [9.17, 15) is 14.9 Å². The van der Waals surface area contributed by atoms with Crippen LogP contribution in [0, 0.1) is 11.3 Å². The Hall–Kier alpha value is -2.98. The molecule has 0 aliphatic heterocycles. The molecule has 0 fully saturated rings. The van der Waals surface area contributed by atoms with Crippen molar-refractivity contribution in [2.75, 3.05) is 5.32 Å². The van der Waals surface area contributed by atoms with Crippen molar-refractivity contribution in [3.05, 3.63) is 56.8 Å². The van der Waals surface area contributed by atoms with Crippen molar-refractivity contribution < 1.29 is 4.79 Å². The van der Waals surface area contributed by atoms with Crippen LogP contribution in [-0.2, 0) is 24.2 Å². The Morgan fingerprint density at radius 2 is 2.12 bits per heavy atom. The number of hydrogen-bond donors (Lipinski definition) is 1. The highest BCUT2D eigenvalue weighted by molar-refractivity contribution is 7.16. The SMILES string of the molecule is N#Cc1c(NC(=O)Cn2c(=O)cnc3ccccc32)sc2c1CCCC2. The first-order valence-electron chi connectivity index (χ1n) is 8.46. The molecule has 0 saturated carbocycles. The van der Waals surface area contributed by atoms with Gasteiger partial charge in [0, 0.05) is 4.88 Å². The van der Waals surface area contributed by atoms with Gasteiger partial charge in [0.1, 0.15) is 17.6 Å². The Morgan fingerprint density at radius 1 is 1.31 bits per heavy atom. The van der Waals surface area contributed by atoms with E-state index in [-0.39, 0.29) is 18.0 Å². The first-order valence-corrected chi connectivity index (χ1v) is 9.28. The largest absolute Gasteiger partial charge is 0.315 e. The quantitative estimate of drug-likeness (QED) is 0.774. The van der Waals surface area contributed by atoms with E-state index in [1.807, 2.05) is 6.07 Å². The highest BCUT2D eigenvalue weighted by atomic mass is 32.1. The highest BCUT2D eigenvalue weighted by Gasteiger charge is 2.22. The van der Waals surface area contributed by atoms with Gasteiger partial charge in [-0.15, -0.1) is 11.3 Å². The molecule has 0 spiro atoms. The lowest BCUT2D eigenvalue weighted by Crippen LogP contribution is -2.27. The number of thiophene rings is 1. The van der Waals surface area contributed by atoms with Crippen LogP contribution in [0.1, 0.15) is 28.8 Å². The first-order chi connectivity index (χ1) is 12.7. The van der Waals surface area contributed by atoms with E-state index >= 15 is 0 Å². The summed E-state index contributed by atoms with van der Waals surface area (Å²) in [5.41, 5.74) is 2.59. The van der Waals surface area contributed by atoms with Gasteiger partial charge in [-0.05, 0) is 43.4 Å². The van der Waals surface area contributed by atoms with Crippen LogP contribution in [0.15, 0.2) is 35.3 Å². The standard InChI is InChI=1S/C19H16N4O2S/c20-9-13-12-5-1-4-8-16(12)26-19(13)22-17(24)11-23-15-7-3-2-6-14(15)21-10-18(23)25/h2-3,6-7,10H,1,4-5,8,11H2,(H,22,24). The van der Waals surface area contributed by atoms with Crippen LogP contribution in [0.25, 0.3) is 11.0 Å². The van der Waals surface area contributed by atoms with E-state index < -0.39 is 0 Å². The van der Waals surface area contributed by atoms with E-state index in [1.165, 1.54) is 27.0 Å². The fourth-order valence-electron chi connectivity index (χ4n) is 3.36. The van der Waals surface area contributed by atoms with E-state index in [0.717, 1.165) is 31.2 Å². The van der Waals surface area contributed by atoms with Crippen molar-refractivity contribution in [1.29, 1.82) is 5.26 Å². The molecule has 3 aromatic rings. The minimum absolute atomic E-state index is 0.116. The van der Waals surface area contributed by atoms with Gasteiger partial charge in [-0.1, -0.05) is 12.1 Å². The van der Waals surface area contributed by atoms with Gasteiger partial charge >= 0.3 is 0 Å². The Kier molecular flexibility index (Phi) is 4.27. The summed E-state index contributed by atoms with van der Waals surface area (Å²) < 4.78 is 1.40. The van der Waals surface area contributed by atoms with Crippen LogP contribution in [0.2, 0.25) is 0 Å². The first kappa shape index (κ1) is 16.5. The lowest BCUT2D eigenvalue weighted by atomic mass is 9.96. The predicted molar refractivity (Wildman–Crippen MR) is 100 cm³/mol. The number of carbonyl (C=O) groups excluding carboxylic acids is 1. The Labute approximate surface area is 153 Å². The molecule has 0 radical (unpaired) electrons. The van der Waals surface area contributed by atoms with Crippen LogP contribution in [0.4, 0.5) is 5.00 Å². The molecule has 0 bridgehead atoms. The molecule has 1 aliphatic rings. The molecule has 1 aliphatic carbocycles. The number of anilines is 1. The zero-order valence-electron chi connectivity index (χ0n) is 14.0. The molecule has 6 nitrogen and oxygen atoms in total. The molecule has 130 valence electrons. The third-order valence-electron chi connectivity index (χ3n) is 4.59. The van der Waals surface area contributed by atoms with Gasteiger partial charge in [0.15, 0.2) is 0 Å². The maximum atomic E-state index is 12.6. The topological polar surface area (TPSA) is 87.8 Å². The predicted octanol–water partition coefficient (Wildman–Crippen LogP) is 2.85. The van der Waals surface area contributed by atoms with Crippen molar-refractivity contribution in [2.45, 2.75) is 32.2 Å². The summed E-state index contributed by atoms with van der Waals surface area (Å²) in [6.07, 6.45) is 5.26. The monoisotopic (exact) mass is 364 g/mol. The zero-order chi connectivity index (χ0) is 18.1. The second-order valence-electron chi connectivity index (χ2n) is 6.25. The molecule has 4 rings (SSSR count). The number of benzene rings is 1. The van der Waals surface area contributed by atoms with Gasteiger partial charge in [0.2, 0.25) is 5.91 Å². The summed E-state index contributed by atoms with van der Waals surface area (Å²) in [5, 5.41) is 12.9. The number of rotatable bonds is 3. The molecular weight excluding hydrogens is 348 g/mol. The molecule has 26 heavy (non-hydrogen) atoms. The minimum atomic E-state index is -0.329. The van der Waals surface area contributed by atoms with Gasteiger partial charge in [0.25, 0.3) is 5.56 Å². The lowest BCUT2D eigenvalue weighted by Gasteiger charge is -2.10. The second-order valence-corrected chi connectivity index (χ2v) is 7.35. The highest BCUT2D eigenvalue weighted by Crippen LogP contribution is 2.37. The molecule has 1 aromatic carbocycles. The summed E-state index contributed by atoms with van der Waals surface area (Å²) in [6, 6.07) is 9.43. The van der Waals surface area contributed by atoms with E-state index in [2.05, 4.69) is 16.4 Å². The molecule has 0 unspecified atom stereocenters. The van der Waals surface area contributed by atoms with Crippen LogP contribution in [-0.4, -0.2) is 15.5 Å². The molecule has 0 atom stereocenters. The Bertz CT molecular complexity index is 1110. The maximum Gasteiger partial charge on any atom is 0.269 e. The average molecular weight is 364 g/mol. The molecule has 1 N–H and O–H groups in total. The third kappa shape index (κ3) is 2.89. The van der Waals surface area contributed by atoms with Crippen molar-refractivity contribution in [1.82, 2.24) is 9.55 Å². The third-order valence-corrected chi connectivity index (χ3v) is 5.80. The van der Waals surface area contributed by atoms with Gasteiger partial charge in [-0.25, -0.2) is 4.98 Å². The molecule has 2 aromatic heterocycles. The maximum absolute atomic E-state index is 12.6. The summed E-state index contributed by atoms with van der Waals surface area (Å²) in [6.45, 7) is -0.116. The summed E-state index contributed by atoms with van der Waals surface area (Å²) >= 11 is 1.48. The number of para-hydroxylation sites is 2. The number of aromatic nitrogens is 2. The second kappa shape index (κ2) is 6.73. The van der Waals surface area contributed by atoms with Gasteiger partial charge in [-0.2, -0.15) is 5.26 Å². The van der Waals surface area contributed by atoms with Gasteiger partial charge in [0.05, 0.1) is 22.8 Å². The molecular formula is C19H16N4O2S. The summed E-state index contributed by atoms with van der Waals surface area (Å²) in [5.74, 6) is -0.321. The molecule has 0 saturated heterocycles. The van der Waals surface area contributed by atoms with Crippen molar-refractivity contribution in [2.24, 2.45) is 0 Å². The van der Waals surface area contributed by atoms with Crippen LogP contribution in [0.5, 0.6) is 0 Å².